The van der Waals surface area contributed by atoms with Gasteiger partial charge in [-0.2, -0.15) is 0 Å². The summed E-state index contributed by atoms with van der Waals surface area (Å²) in [6.45, 7) is 3.51. The lowest BCUT2D eigenvalue weighted by Crippen LogP contribution is -2.28. The van der Waals surface area contributed by atoms with Gasteiger partial charge in [-0.25, -0.2) is 32.5 Å². The van der Waals surface area contributed by atoms with Gasteiger partial charge in [-0.15, -0.1) is 0 Å². The Labute approximate surface area is 220 Å². The molecule has 1 aliphatic rings. The van der Waals surface area contributed by atoms with E-state index in [1.54, 1.807) is 24.7 Å². The number of pyridine rings is 1. The van der Waals surface area contributed by atoms with Crippen molar-refractivity contribution in [3.8, 4) is 16.9 Å². The van der Waals surface area contributed by atoms with E-state index in [2.05, 4.69) is 24.6 Å². The van der Waals surface area contributed by atoms with E-state index < -0.39 is 10.0 Å². The van der Waals surface area contributed by atoms with Crippen molar-refractivity contribution < 1.29 is 17.5 Å². The number of ether oxygens (including phenoxy) is 1. The van der Waals surface area contributed by atoms with Crippen molar-refractivity contribution in [2.45, 2.75) is 24.8 Å². The number of anilines is 2. The standard InChI is InChI=1S/C27H27FN6O3S/c1-17-23(11-18-3-6-22(28)7-4-18)27(33-16-32-17)34-9-10-37-24-8-5-19(12-21(24)15-34)20-13-25(26(29)31-14-20)38(35,36)30-2/h3-8,12-14,16,30H,9-11,15H2,1-2H3,(H2,29,31). The van der Waals surface area contributed by atoms with Crippen LogP contribution < -0.4 is 20.1 Å². The van der Waals surface area contributed by atoms with Gasteiger partial charge < -0.3 is 15.4 Å². The molecular weight excluding hydrogens is 507 g/mol. The normalized spacial score (nSPS) is 13.5. The Bertz CT molecular complexity index is 1600. The topological polar surface area (TPSA) is 123 Å². The molecule has 2 aromatic heterocycles. The number of hydrogen-bond acceptors (Lipinski definition) is 8. The molecular formula is C27H27FN6O3S. The second kappa shape index (κ2) is 10.3. The van der Waals surface area contributed by atoms with Crippen molar-refractivity contribution in [1.29, 1.82) is 0 Å². The Balaban J connectivity index is 1.49. The fourth-order valence-corrected chi connectivity index (χ4v) is 5.30. The molecule has 9 nitrogen and oxygen atoms in total. The molecule has 0 atom stereocenters. The van der Waals surface area contributed by atoms with E-state index in [0.717, 1.165) is 39.5 Å². The number of fused-ring (bicyclic) bond motifs is 1. The number of nitrogens with one attached hydrogen (secondary N) is 1. The maximum atomic E-state index is 13.4. The summed E-state index contributed by atoms with van der Waals surface area (Å²) in [7, 11) is -2.44. The maximum Gasteiger partial charge on any atom is 0.243 e. The molecule has 0 aliphatic carbocycles. The van der Waals surface area contributed by atoms with Crippen LogP contribution in [0.25, 0.3) is 11.1 Å². The number of halogens is 1. The summed E-state index contributed by atoms with van der Waals surface area (Å²) in [4.78, 5) is 15.2. The second-order valence-electron chi connectivity index (χ2n) is 8.97. The average molecular weight is 535 g/mol. The van der Waals surface area contributed by atoms with Crippen molar-refractivity contribution in [1.82, 2.24) is 19.7 Å². The van der Waals surface area contributed by atoms with Gasteiger partial charge in [0.05, 0.1) is 6.54 Å². The average Bonchev–Trinajstić information content (AvgIpc) is 3.13. The van der Waals surface area contributed by atoms with Gasteiger partial charge in [0.25, 0.3) is 0 Å². The number of aromatic nitrogens is 3. The molecule has 196 valence electrons. The van der Waals surface area contributed by atoms with Crippen molar-refractivity contribution in [2.75, 3.05) is 30.8 Å². The molecule has 0 spiro atoms. The molecule has 0 saturated carbocycles. The van der Waals surface area contributed by atoms with E-state index in [0.29, 0.717) is 31.7 Å². The van der Waals surface area contributed by atoms with Crippen molar-refractivity contribution >= 4 is 21.7 Å². The lowest BCUT2D eigenvalue weighted by Gasteiger charge is -2.24. The first-order chi connectivity index (χ1) is 18.2. The van der Waals surface area contributed by atoms with E-state index in [1.165, 1.54) is 25.2 Å². The number of nitrogens with two attached hydrogens (primary N) is 1. The summed E-state index contributed by atoms with van der Waals surface area (Å²) >= 11 is 0. The van der Waals surface area contributed by atoms with E-state index in [-0.39, 0.29) is 16.5 Å². The molecule has 11 heteroatoms. The summed E-state index contributed by atoms with van der Waals surface area (Å²) in [5, 5.41) is 0. The van der Waals surface area contributed by atoms with Crippen molar-refractivity contribution in [2.24, 2.45) is 0 Å². The zero-order chi connectivity index (χ0) is 26.9. The quantitative estimate of drug-likeness (QED) is 0.386. The summed E-state index contributed by atoms with van der Waals surface area (Å²) < 4.78 is 46.6. The number of benzene rings is 2. The minimum atomic E-state index is -3.77. The summed E-state index contributed by atoms with van der Waals surface area (Å²) in [5.41, 5.74) is 10.9. The molecule has 0 fully saturated rings. The Morgan fingerprint density at radius 1 is 1.08 bits per heavy atom. The smallest absolute Gasteiger partial charge is 0.243 e. The molecule has 38 heavy (non-hydrogen) atoms. The number of nitrogen functional groups attached to an aromatic ring is 1. The zero-order valence-corrected chi connectivity index (χ0v) is 21.8. The number of aryl methyl sites for hydroxylation is 1. The molecule has 0 saturated heterocycles. The molecule has 0 bridgehead atoms. The minimum Gasteiger partial charge on any atom is -0.491 e. The van der Waals surface area contributed by atoms with Crippen LogP contribution in [0.2, 0.25) is 0 Å². The molecule has 1 aliphatic heterocycles. The van der Waals surface area contributed by atoms with Crippen LogP contribution >= 0.6 is 0 Å². The Morgan fingerprint density at radius 3 is 2.63 bits per heavy atom. The SMILES string of the molecule is CNS(=O)(=O)c1cc(-c2ccc3c(c2)CN(c2ncnc(C)c2Cc2ccc(F)cc2)CCO3)cnc1N. The molecule has 5 rings (SSSR count). The summed E-state index contributed by atoms with van der Waals surface area (Å²) in [5.74, 6) is 1.19. The highest BCUT2D eigenvalue weighted by Crippen LogP contribution is 2.33. The molecule has 3 heterocycles. The lowest BCUT2D eigenvalue weighted by molar-refractivity contribution is 0.331. The molecule has 0 amide bonds. The van der Waals surface area contributed by atoms with Crippen LogP contribution in [-0.4, -0.2) is 43.6 Å². The van der Waals surface area contributed by atoms with Crippen LogP contribution in [0.4, 0.5) is 16.0 Å². The van der Waals surface area contributed by atoms with E-state index in [9.17, 15) is 12.8 Å². The van der Waals surface area contributed by atoms with Gasteiger partial charge in [-0.1, -0.05) is 18.2 Å². The van der Waals surface area contributed by atoms with E-state index in [4.69, 9.17) is 10.5 Å². The van der Waals surface area contributed by atoms with Crippen LogP contribution in [0.5, 0.6) is 5.75 Å². The monoisotopic (exact) mass is 534 g/mol. The number of rotatable bonds is 6. The third-order valence-corrected chi connectivity index (χ3v) is 7.99. The third kappa shape index (κ3) is 5.15. The van der Waals surface area contributed by atoms with Gasteiger partial charge in [0.1, 0.15) is 41.0 Å². The number of sulfonamides is 1. The summed E-state index contributed by atoms with van der Waals surface area (Å²) in [6.07, 6.45) is 3.66. The fraction of sp³-hybridized carbons (Fsp3) is 0.222. The largest absolute Gasteiger partial charge is 0.491 e. The lowest BCUT2D eigenvalue weighted by atomic mass is 10.0. The van der Waals surface area contributed by atoms with Crippen molar-refractivity contribution in [3.05, 3.63) is 89.3 Å². The van der Waals surface area contributed by atoms with Crippen LogP contribution in [0, 0.1) is 12.7 Å². The van der Waals surface area contributed by atoms with Gasteiger partial charge >= 0.3 is 0 Å². The highest BCUT2D eigenvalue weighted by Gasteiger charge is 2.22. The second-order valence-corrected chi connectivity index (χ2v) is 10.8. The van der Waals surface area contributed by atoms with E-state index in [1.807, 2.05) is 25.1 Å². The molecule has 0 radical (unpaired) electrons. The molecule has 0 unspecified atom stereocenters. The molecule has 4 aromatic rings. The van der Waals surface area contributed by atoms with Gasteiger partial charge in [-0.3, -0.25) is 0 Å². The number of hydrogen-bond donors (Lipinski definition) is 2. The van der Waals surface area contributed by atoms with Crippen LogP contribution in [-0.2, 0) is 23.0 Å². The Hall–Kier alpha value is -4.09. The van der Waals surface area contributed by atoms with Crippen LogP contribution in [0.1, 0.15) is 22.4 Å². The highest BCUT2D eigenvalue weighted by molar-refractivity contribution is 7.89. The van der Waals surface area contributed by atoms with E-state index >= 15 is 0 Å². The first kappa shape index (κ1) is 25.6. The predicted molar refractivity (Wildman–Crippen MR) is 143 cm³/mol. The first-order valence-corrected chi connectivity index (χ1v) is 13.5. The number of nitrogens with zero attached hydrogens (tertiary/aromatic N) is 4. The fourth-order valence-electron chi connectivity index (χ4n) is 4.47. The Kier molecular flexibility index (Phi) is 6.96. The summed E-state index contributed by atoms with van der Waals surface area (Å²) in [6, 6.07) is 13.7. The van der Waals surface area contributed by atoms with Gasteiger partial charge in [0, 0.05) is 41.5 Å². The van der Waals surface area contributed by atoms with Gasteiger partial charge in [0.2, 0.25) is 10.0 Å². The predicted octanol–water partition coefficient (Wildman–Crippen LogP) is 3.47. The minimum absolute atomic E-state index is 0.0693. The zero-order valence-electron chi connectivity index (χ0n) is 21.0. The Morgan fingerprint density at radius 2 is 1.87 bits per heavy atom. The third-order valence-electron chi connectivity index (χ3n) is 6.55. The first-order valence-electron chi connectivity index (χ1n) is 12.0. The molecule has 3 N–H and O–H groups in total. The molecule has 2 aromatic carbocycles. The van der Waals surface area contributed by atoms with Gasteiger partial charge in [-0.05, 0) is 55.4 Å². The highest BCUT2D eigenvalue weighted by atomic mass is 32.2. The maximum absolute atomic E-state index is 13.4. The van der Waals surface area contributed by atoms with Crippen LogP contribution in [0.15, 0.2) is 66.0 Å². The van der Waals surface area contributed by atoms with Gasteiger partial charge in [0.15, 0.2) is 0 Å². The van der Waals surface area contributed by atoms with Crippen LogP contribution in [0.3, 0.4) is 0 Å². The van der Waals surface area contributed by atoms with Crippen molar-refractivity contribution in [3.63, 3.8) is 0 Å².